The quantitative estimate of drug-likeness (QED) is 0.633. The van der Waals surface area contributed by atoms with Crippen molar-refractivity contribution in [1.29, 1.82) is 0 Å². The molecule has 2 heteroatoms. The van der Waals surface area contributed by atoms with Crippen molar-refractivity contribution in [2.45, 2.75) is 40.5 Å². The van der Waals surface area contributed by atoms with E-state index < -0.39 is 0 Å². The molecule has 0 aromatic rings. The normalized spacial score (nSPS) is 18.7. The predicted octanol–water partition coefficient (Wildman–Crippen LogP) is 2.53. The molecule has 0 amide bonds. The monoisotopic (exact) mass is 194 g/mol. The Morgan fingerprint density at radius 3 is 1.93 bits per heavy atom. The first-order valence-electron chi connectivity index (χ1n) is 5.21. The molecule has 2 nitrogen and oxygen atoms in total. The fourth-order valence-corrected chi connectivity index (χ4v) is 2.03. The molecule has 0 unspecified atom stereocenters. The van der Waals surface area contributed by atoms with E-state index in [-0.39, 0.29) is 23.9 Å². The molecule has 1 aliphatic rings. The number of rotatable bonds is 2. The Bertz CT molecular complexity index is 295. The lowest BCUT2D eigenvalue weighted by Crippen LogP contribution is -2.24. The summed E-state index contributed by atoms with van der Waals surface area (Å²) in [6, 6.07) is 0. The van der Waals surface area contributed by atoms with Gasteiger partial charge in [0.1, 0.15) is 5.78 Å². The zero-order chi connectivity index (χ0) is 10.9. The first-order valence-corrected chi connectivity index (χ1v) is 5.21. The van der Waals surface area contributed by atoms with Crippen LogP contribution in [0, 0.1) is 11.8 Å². The Hall–Kier alpha value is -0.920. The van der Waals surface area contributed by atoms with Gasteiger partial charge in [0.2, 0.25) is 0 Å². The third-order valence-electron chi connectivity index (χ3n) is 2.67. The van der Waals surface area contributed by atoms with Crippen LogP contribution >= 0.6 is 0 Å². The average Bonchev–Trinajstić information content (AvgIpc) is 2.01. The third-order valence-corrected chi connectivity index (χ3v) is 2.67. The number of hydrogen-bond acceptors (Lipinski definition) is 2. The molecule has 0 aromatic heterocycles. The van der Waals surface area contributed by atoms with Crippen LogP contribution in [0.5, 0.6) is 0 Å². The van der Waals surface area contributed by atoms with Gasteiger partial charge in [-0.2, -0.15) is 0 Å². The summed E-state index contributed by atoms with van der Waals surface area (Å²) >= 11 is 0. The molecule has 0 atom stereocenters. The van der Waals surface area contributed by atoms with Crippen molar-refractivity contribution < 1.29 is 9.59 Å². The summed E-state index contributed by atoms with van der Waals surface area (Å²) in [5, 5.41) is 0. The van der Waals surface area contributed by atoms with Crippen molar-refractivity contribution >= 4 is 11.6 Å². The predicted molar refractivity (Wildman–Crippen MR) is 56.0 cm³/mol. The highest BCUT2D eigenvalue weighted by Gasteiger charge is 2.28. The maximum Gasteiger partial charge on any atom is 0.166 e. The second kappa shape index (κ2) is 4.07. The van der Waals surface area contributed by atoms with E-state index in [0.29, 0.717) is 12.3 Å². The summed E-state index contributed by atoms with van der Waals surface area (Å²) in [6.07, 6.45) is 0.598. The van der Waals surface area contributed by atoms with E-state index in [9.17, 15) is 9.59 Å². The van der Waals surface area contributed by atoms with Crippen LogP contribution < -0.4 is 0 Å². The van der Waals surface area contributed by atoms with Crippen LogP contribution in [0.25, 0.3) is 0 Å². The topological polar surface area (TPSA) is 34.1 Å². The maximum atomic E-state index is 11.7. The average molecular weight is 194 g/mol. The molecule has 0 aliphatic heterocycles. The highest BCUT2D eigenvalue weighted by Crippen LogP contribution is 2.30. The molecule has 0 N–H and O–H groups in total. The molecule has 0 saturated heterocycles. The first kappa shape index (κ1) is 11.2. The summed E-state index contributed by atoms with van der Waals surface area (Å²) < 4.78 is 0. The minimum Gasteiger partial charge on any atom is -0.299 e. The Kier molecular flexibility index (Phi) is 3.25. The molecule has 0 aromatic carbocycles. The molecule has 78 valence electrons. The number of hydrogen-bond donors (Lipinski definition) is 0. The van der Waals surface area contributed by atoms with Gasteiger partial charge in [-0.1, -0.05) is 33.3 Å². The summed E-state index contributed by atoms with van der Waals surface area (Å²) in [5.74, 6) is 0.664. The highest BCUT2D eigenvalue weighted by atomic mass is 16.1. The van der Waals surface area contributed by atoms with Gasteiger partial charge in [0, 0.05) is 6.42 Å². The van der Waals surface area contributed by atoms with E-state index in [4.69, 9.17) is 0 Å². The van der Waals surface area contributed by atoms with Crippen LogP contribution in [0.3, 0.4) is 0 Å². The Morgan fingerprint density at radius 1 is 0.929 bits per heavy atom. The molecule has 0 spiro atoms. The van der Waals surface area contributed by atoms with Crippen LogP contribution in [0.1, 0.15) is 40.5 Å². The molecule has 0 saturated carbocycles. The lowest BCUT2D eigenvalue weighted by Gasteiger charge is -2.23. The van der Waals surface area contributed by atoms with Crippen molar-refractivity contribution in [3.8, 4) is 0 Å². The van der Waals surface area contributed by atoms with E-state index in [1.165, 1.54) is 0 Å². The van der Waals surface area contributed by atoms with E-state index in [0.717, 1.165) is 11.1 Å². The molecule has 0 radical (unpaired) electrons. The van der Waals surface area contributed by atoms with Gasteiger partial charge in [0.05, 0.1) is 6.42 Å². The zero-order valence-corrected chi connectivity index (χ0v) is 9.39. The number of ketones is 2. The van der Waals surface area contributed by atoms with Crippen molar-refractivity contribution in [2.24, 2.45) is 11.8 Å². The molecule has 14 heavy (non-hydrogen) atoms. The van der Waals surface area contributed by atoms with Gasteiger partial charge >= 0.3 is 0 Å². The smallest absolute Gasteiger partial charge is 0.166 e. The molecule has 1 rings (SSSR count). The van der Waals surface area contributed by atoms with Crippen LogP contribution in [0.15, 0.2) is 11.1 Å². The molecular formula is C12H18O2. The number of allylic oxidation sites excluding steroid dienone is 2. The summed E-state index contributed by atoms with van der Waals surface area (Å²) in [5.41, 5.74) is 1.96. The molecule has 1 aliphatic carbocycles. The third kappa shape index (κ3) is 2.11. The minimum atomic E-state index is 0.0416. The molecule has 0 heterocycles. The summed E-state index contributed by atoms with van der Waals surface area (Å²) in [7, 11) is 0. The van der Waals surface area contributed by atoms with Crippen molar-refractivity contribution in [1.82, 2.24) is 0 Å². The summed E-state index contributed by atoms with van der Waals surface area (Å²) in [4.78, 5) is 23.0. The Morgan fingerprint density at radius 2 is 1.50 bits per heavy atom. The zero-order valence-electron chi connectivity index (χ0n) is 9.39. The Labute approximate surface area is 85.4 Å². The fraction of sp³-hybridized carbons (Fsp3) is 0.667. The van der Waals surface area contributed by atoms with E-state index >= 15 is 0 Å². The van der Waals surface area contributed by atoms with Crippen LogP contribution in [0.2, 0.25) is 0 Å². The SMILES string of the molecule is CC(C)C1=C(C(C)C)C(=O)CC(=O)C1. The lowest BCUT2D eigenvalue weighted by atomic mass is 9.79. The highest BCUT2D eigenvalue weighted by molar-refractivity contribution is 6.11. The van der Waals surface area contributed by atoms with Gasteiger partial charge in [-0.3, -0.25) is 9.59 Å². The number of Topliss-reactive ketones (excluding diaryl/α,β-unsaturated/α-hetero) is 2. The van der Waals surface area contributed by atoms with Gasteiger partial charge in [-0.25, -0.2) is 0 Å². The summed E-state index contributed by atoms with van der Waals surface area (Å²) in [6.45, 7) is 8.13. The van der Waals surface area contributed by atoms with E-state index in [2.05, 4.69) is 0 Å². The lowest BCUT2D eigenvalue weighted by molar-refractivity contribution is -0.126. The van der Waals surface area contributed by atoms with Crippen LogP contribution in [0.4, 0.5) is 0 Å². The van der Waals surface area contributed by atoms with Gasteiger partial charge in [-0.15, -0.1) is 0 Å². The standard InChI is InChI=1S/C12H18O2/c1-7(2)10-5-9(13)6-11(14)12(10)8(3)4/h7-8H,5-6H2,1-4H3. The van der Waals surface area contributed by atoms with E-state index in [1.54, 1.807) is 0 Å². The van der Waals surface area contributed by atoms with Gasteiger partial charge in [-0.05, 0) is 17.4 Å². The van der Waals surface area contributed by atoms with Gasteiger partial charge in [0.15, 0.2) is 5.78 Å². The number of carbonyl (C=O) groups excluding carboxylic acids is 2. The van der Waals surface area contributed by atoms with Gasteiger partial charge in [0.25, 0.3) is 0 Å². The maximum absolute atomic E-state index is 11.7. The number of carbonyl (C=O) groups is 2. The minimum absolute atomic E-state index is 0.0416. The fourth-order valence-electron chi connectivity index (χ4n) is 2.03. The van der Waals surface area contributed by atoms with Crippen molar-refractivity contribution in [3.63, 3.8) is 0 Å². The van der Waals surface area contributed by atoms with Crippen LogP contribution in [-0.4, -0.2) is 11.6 Å². The molecular weight excluding hydrogens is 176 g/mol. The molecule has 0 fully saturated rings. The first-order chi connectivity index (χ1) is 6.43. The largest absolute Gasteiger partial charge is 0.299 e. The van der Waals surface area contributed by atoms with Gasteiger partial charge < -0.3 is 0 Å². The second-order valence-electron chi connectivity index (χ2n) is 4.56. The van der Waals surface area contributed by atoms with Crippen molar-refractivity contribution in [3.05, 3.63) is 11.1 Å². The van der Waals surface area contributed by atoms with E-state index in [1.807, 2.05) is 27.7 Å². The second-order valence-corrected chi connectivity index (χ2v) is 4.56. The Balaban J connectivity index is 3.15. The van der Waals surface area contributed by atoms with Crippen LogP contribution in [-0.2, 0) is 9.59 Å². The van der Waals surface area contributed by atoms with Crippen molar-refractivity contribution in [2.75, 3.05) is 0 Å². The molecule has 0 bridgehead atoms.